The standard InChI is InChI=1S/C17H18ClN5/c1-22(17-4-5-20-12-21-17)15-3-2-6-23(11-15)16-8-13(10-19)7-14(18)9-16/h4-5,7-9,12,15H,2-3,6,11H2,1H3. The van der Waals surface area contributed by atoms with Crippen LogP contribution in [0, 0.1) is 11.3 Å². The maximum absolute atomic E-state index is 9.12. The van der Waals surface area contributed by atoms with Gasteiger partial charge in [0.05, 0.1) is 11.6 Å². The number of benzene rings is 1. The average molecular weight is 328 g/mol. The summed E-state index contributed by atoms with van der Waals surface area (Å²) in [4.78, 5) is 12.8. The van der Waals surface area contributed by atoms with E-state index in [0.29, 0.717) is 16.6 Å². The summed E-state index contributed by atoms with van der Waals surface area (Å²) in [6.45, 7) is 1.85. The largest absolute Gasteiger partial charge is 0.369 e. The van der Waals surface area contributed by atoms with Gasteiger partial charge in [0, 0.05) is 43.1 Å². The first kappa shape index (κ1) is 15.6. The number of rotatable bonds is 3. The van der Waals surface area contributed by atoms with Gasteiger partial charge in [-0.3, -0.25) is 0 Å². The second kappa shape index (κ2) is 6.84. The lowest BCUT2D eigenvalue weighted by atomic mass is 10.0. The van der Waals surface area contributed by atoms with Crippen LogP contribution >= 0.6 is 11.6 Å². The van der Waals surface area contributed by atoms with Crippen LogP contribution in [0.25, 0.3) is 0 Å². The minimum atomic E-state index is 0.364. The lowest BCUT2D eigenvalue weighted by Gasteiger charge is -2.39. The van der Waals surface area contributed by atoms with E-state index in [1.165, 1.54) is 0 Å². The molecule has 118 valence electrons. The molecule has 0 bridgehead atoms. The maximum atomic E-state index is 9.12. The molecule has 0 radical (unpaired) electrons. The molecule has 1 aliphatic heterocycles. The molecule has 1 aromatic carbocycles. The van der Waals surface area contributed by atoms with Crippen LogP contribution in [-0.2, 0) is 0 Å². The van der Waals surface area contributed by atoms with Crippen LogP contribution in [0.4, 0.5) is 11.5 Å². The SMILES string of the molecule is CN(c1ccncn1)C1CCCN(c2cc(Cl)cc(C#N)c2)C1. The first-order valence-electron chi connectivity index (χ1n) is 7.62. The zero-order chi connectivity index (χ0) is 16.2. The molecule has 23 heavy (non-hydrogen) atoms. The van der Waals surface area contributed by atoms with Crippen molar-refractivity contribution in [3.8, 4) is 6.07 Å². The zero-order valence-electron chi connectivity index (χ0n) is 13.0. The summed E-state index contributed by atoms with van der Waals surface area (Å²) in [6, 6.07) is 9.98. The average Bonchev–Trinajstić information content (AvgIpc) is 2.61. The van der Waals surface area contributed by atoms with Gasteiger partial charge in [-0.05, 0) is 37.1 Å². The lowest BCUT2D eigenvalue weighted by molar-refractivity contribution is 0.486. The number of nitrogens with zero attached hydrogens (tertiary/aromatic N) is 5. The van der Waals surface area contributed by atoms with Crippen LogP contribution in [0.2, 0.25) is 5.02 Å². The second-order valence-corrected chi connectivity index (χ2v) is 6.17. The van der Waals surface area contributed by atoms with Gasteiger partial charge in [0.15, 0.2) is 0 Å². The Morgan fingerprint density at radius 3 is 3.00 bits per heavy atom. The van der Waals surface area contributed by atoms with Crippen molar-refractivity contribution >= 4 is 23.1 Å². The first-order chi connectivity index (χ1) is 11.2. The Balaban J connectivity index is 1.79. The molecule has 3 rings (SSSR count). The lowest BCUT2D eigenvalue weighted by Crippen LogP contribution is -2.47. The fourth-order valence-corrected chi connectivity index (χ4v) is 3.24. The molecule has 1 unspecified atom stereocenters. The van der Waals surface area contributed by atoms with Crippen molar-refractivity contribution in [3.63, 3.8) is 0 Å². The molecular formula is C17H18ClN5. The summed E-state index contributed by atoms with van der Waals surface area (Å²) in [5.74, 6) is 0.927. The molecule has 0 aliphatic carbocycles. The molecule has 1 atom stereocenters. The summed E-state index contributed by atoms with van der Waals surface area (Å²) >= 11 is 6.14. The van der Waals surface area contributed by atoms with Gasteiger partial charge in [0.1, 0.15) is 12.1 Å². The van der Waals surface area contributed by atoms with Crippen molar-refractivity contribution in [1.29, 1.82) is 5.26 Å². The first-order valence-corrected chi connectivity index (χ1v) is 7.99. The van der Waals surface area contributed by atoms with E-state index in [9.17, 15) is 0 Å². The molecule has 0 spiro atoms. The zero-order valence-corrected chi connectivity index (χ0v) is 13.7. The minimum Gasteiger partial charge on any atom is -0.369 e. The van der Waals surface area contributed by atoms with Crippen LogP contribution in [0.5, 0.6) is 0 Å². The fraction of sp³-hybridized carbons (Fsp3) is 0.353. The number of hydrogen-bond acceptors (Lipinski definition) is 5. The van der Waals surface area contributed by atoms with Gasteiger partial charge < -0.3 is 9.80 Å². The quantitative estimate of drug-likeness (QED) is 0.867. The number of piperidine rings is 1. The van der Waals surface area contributed by atoms with E-state index in [0.717, 1.165) is 37.4 Å². The van der Waals surface area contributed by atoms with Crippen molar-refractivity contribution < 1.29 is 0 Å². The predicted octanol–water partition coefficient (Wildman–Crippen LogP) is 3.11. The van der Waals surface area contributed by atoms with Crippen LogP contribution < -0.4 is 9.80 Å². The third-order valence-corrected chi connectivity index (χ3v) is 4.47. The molecule has 6 heteroatoms. The van der Waals surface area contributed by atoms with E-state index in [1.54, 1.807) is 18.6 Å². The van der Waals surface area contributed by atoms with Crippen molar-refractivity contribution in [2.24, 2.45) is 0 Å². The van der Waals surface area contributed by atoms with Gasteiger partial charge in [-0.25, -0.2) is 9.97 Å². The Labute approximate surface area is 141 Å². The van der Waals surface area contributed by atoms with Gasteiger partial charge >= 0.3 is 0 Å². The fourth-order valence-electron chi connectivity index (χ4n) is 3.01. The van der Waals surface area contributed by atoms with Crippen LogP contribution in [-0.4, -0.2) is 36.1 Å². The Morgan fingerprint density at radius 2 is 2.26 bits per heavy atom. The van der Waals surface area contributed by atoms with Gasteiger partial charge in [-0.15, -0.1) is 0 Å². The van der Waals surface area contributed by atoms with E-state index in [1.807, 2.05) is 18.2 Å². The Morgan fingerprint density at radius 1 is 1.39 bits per heavy atom. The maximum Gasteiger partial charge on any atom is 0.131 e. The highest BCUT2D eigenvalue weighted by molar-refractivity contribution is 6.31. The number of halogens is 1. The summed E-state index contributed by atoms with van der Waals surface area (Å²) in [5, 5.41) is 9.73. The Bertz CT molecular complexity index is 713. The minimum absolute atomic E-state index is 0.364. The number of hydrogen-bond donors (Lipinski definition) is 0. The second-order valence-electron chi connectivity index (χ2n) is 5.73. The van der Waals surface area contributed by atoms with E-state index in [4.69, 9.17) is 16.9 Å². The van der Waals surface area contributed by atoms with Crippen molar-refractivity contribution in [2.45, 2.75) is 18.9 Å². The monoisotopic (exact) mass is 327 g/mol. The summed E-state index contributed by atoms with van der Waals surface area (Å²) in [7, 11) is 2.06. The van der Waals surface area contributed by atoms with Crippen molar-refractivity contribution in [1.82, 2.24) is 9.97 Å². The molecule has 1 aliphatic rings. The molecule has 0 amide bonds. The summed E-state index contributed by atoms with van der Waals surface area (Å²) in [6.07, 6.45) is 5.54. The highest BCUT2D eigenvalue weighted by atomic mass is 35.5. The van der Waals surface area contributed by atoms with Crippen molar-refractivity contribution in [3.05, 3.63) is 47.4 Å². The predicted molar refractivity (Wildman–Crippen MR) is 91.8 cm³/mol. The molecule has 2 aromatic rings. The van der Waals surface area contributed by atoms with Gasteiger partial charge in [0.25, 0.3) is 0 Å². The van der Waals surface area contributed by atoms with Gasteiger partial charge in [0.2, 0.25) is 0 Å². The smallest absolute Gasteiger partial charge is 0.131 e. The summed E-state index contributed by atoms with van der Waals surface area (Å²) in [5.41, 5.74) is 1.61. The normalized spacial score (nSPS) is 17.6. The molecule has 5 nitrogen and oxygen atoms in total. The molecule has 0 N–H and O–H groups in total. The molecular weight excluding hydrogens is 310 g/mol. The third kappa shape index (κ3) is 3.54. The molecule has 1 saturated heterocycles. The van der Waals surface area contributed by atoms with Crippen LogP contribution in [0.3, 0.4) is 0 Å². The Hall–Kier alpha value is -2.32. The molecule has 1 fully saturated rings. The number of anilines is 2. The van der Waals surface area contributed by atoms with Crippen LogP contribution in [0.15, 0.2) is 36.8 Å². The van der Waals surface area contributed by atoms with Gasteiger partial charge in [-0.2, -0.15) is 5.26 Å². The topological polar surface area (TPSA) is 56.1 Å². The third-order valence-electron chi connectivity index (χ3n) is 4.25. The van der Waals surface area contributed by atoms with E-state index in [2.05, 4.69) is 32.9 Å². The van der Waals surface area contributed by atoms with E-state index in [-0.39, 0.29) is 0 Å². The number of likely N-dealkylation sites (N-methyl/N-ethyl adjacent to an activating group) is 1. The molecule has 2 heterocycles. The molecule has 1 aromatic heterocycles. The number of nitriles is 1. The highest BCUT2D eigenvalue weighted by Crippen LogP contribution is 2.27. The van der Waals surface area contributed by atoms with Crippen molar-refractivity contribution in [2.75, 3.05) is 29.9 Å². The van der Waals surface area contributed by atoms with Crippen LogP contribution in [0.1, 0.15) is 18.4 Å². The highest BCUT2D eigenvalue weighted by Gasteiger charge is 2.24. The Kier molecular flexibility index (Phi) is 4.63. The molecule has 0 saturated carbocycles. The van der Waals surface area contributed by atoms with E-state index < -0.39 is 0 Å². The van der Waals surface area contributed by atoms with Gasteiger partial charge in [-0.1, -0.05) is 11.6 Å². The van der Waals surface area contributed by atoms with E-state index >= 15 is 0 Å². The number of aromatic nitrogens is 2. The summed E-state index contributed by atoms with van der Waals surface area (Å²) < 4.78 is 0.